The minimum absolute atomic E-state index is 0.247. The van der Waals surface area contributed by atoms with Crippen molar-refractivity contribution >= 4 is 23.4 Å². The third-order valence-corrected chi connectivity index (χ3v) is 5.56. The minimum Gasteiger partial charge on any atom is -0.367 e. The minimum atomic E-state index is -0.404. The molecule has 0 amide bonds. The van der Waals surface area contributed by atoms with Crippen molar-refractivity contribution in [2.75, 3.05) is 43.4 Å². The number of carbonyl (C=O) groups is 1. The van der Waals surface area contributed by atoms with Crippen LogP contribution in [0.4, 0.5) is 15.9 Å². The predicted octanol–water partition coefficient (Wildman–Crippen LogP) is 5.67. The lowest BCUT2D eigenvalue weighted by Crippen LogP contribution is -2.21. The van der Waals surface area contributed by atoms with Crippen LogP contribution in [0.1, 0.15) is 73.1 Å². The number of hydrogen-bond acceptors (Lipinski definition) is 8. The number of rotatable bonds is 13. The molecule has 1 aliphatic rings. The molecular weight excluding hydrogens is 505 g/mol. The molecule has 0 bridgehead atoms. The van der Waals surface area contributed by atoms with Crippen LogP contribution in [-0.4, -0.2) is 55.5 Å². The van der Waals surface area contributed by atoms with Crippen LogP contribution in [0.3, 0.4) is 0 Å². The molecule has 1 atom stereocenters. The van der Waals surface area contributed by atoms with E-state index in [-0.39, 0.29) is 17.4 Å². The lowest BCUT2D eigenvalue weighted by molar-refractivity contribution is -0.104. The van der Waals surface area contributed by atoms with E-state index in [4.69, 9.17) is 16.5 Å². The first-order valence-electron chi connectivity index (χ1n) is 14.4. The van der Waals surface area contributed by atoms with Crippen LogP contribution in [0.2, 0.25) is 0 Å². The van der Waals surface area contributed by atoms with E-state index in [2.05, 4.69) is 20.5 Å². The van der Waals surface area contributed by atoms with Crippen LogP contribution in [0.5, 0.6) is 0 Å². The summed E-state index contributed by atoms with van der Waals surface area (Å²) in [6, 6.07) is -0.367. The van der Waals surface area contributed by atoms with Gasteiger partial charge in [0, 0.05) is 43.5 Å². The number of hydrogen-bond donors (Lipinski definition) is 4. The second kappa shape index (κ2) is 22.7. The molecule has 2 heterocycles. The molecule has 224 valence electrons. The standard InChI is InChI=1S/C26H36FN5O.C3H10N2.C2H6/c1-5-8-9-13-23(20(7-3)18-33)30-26-24(32-14-10-11-15-32)17-29-25(31-26)21(16-19(4)28)22(27)12-6-2;1-5-3-2-4;1-2/h7-9,12-13,16-19H,5-6,10-11,14-15,28H2,1-4H3,(H,29,30,31);5H,2-4H2,1H3;1-2H3/b9-8+,20-7-,21-16+,22-12+,23-13+;;. The number of aldehydes is 1. The van der Waals surface area contributed by atoms with Crippen molar-refractivity contribution in [1.82, 2.24) is 15.3 Å². The van der Waals surface area contributed by atoms with Crippen LogP contribution in [0.25, 0.3) is 5.57 Å². The van der Waals surface area contributed by atoms with Gasteiger partial charge in [0.1, 0.15) is 5.83 Å². The molecular formula is C31H52FN7O. The van der Waals surface area contributed by atoms with Gasteiger partial charge in [0.25, 0.3) is 0 Å². The maximum absolute atomic E-state index is 14.9. The Hall–Kier alpha value is -3.14. The van der Waals surface area contributed by atoms with E-state index in [0.29, 0.717) is 23.5 Å². The molecule has 1 aromatic heterocycles. The lowest BCUT2D eigenvalue weighted by Gasteiger charge is -2.22. The Kier molecular flexibility index (Phi) is 20.9. The van der Waals surface area contributed by atoms with Gasteiger partial charge in [-0.2, -0.15) is 0 Å². The van der Waals surface area contributed by atoms with Crippen molar-refractivity contribution in [1.29, 1.82) is 0 Å². The molecule has 40 heavy (non-hydrogen) atoms. The quantitative estimate of drug-likeness (QED) is 0.139. The molecule has 1 saturated heterocycles. The smallest absolute Gasteiger partial charge is 0.164 e. The average molecular weight is 558 g/mol. The molecule has 0 aliphatic carbocycles. The Morgan fingerprint density at radius 1 is 1.23 bits per heavy atom. The molecule has 1 unspecified atom stereocenters. The summed E-state index contributed by atoms with van der Waals surface area (Å²) in [6.07, 6.45) is 16.7. The van der Waals surface area contributed by atoms with Gasteiger partial charge in [-0.3, -0.25) is 4.79 Å². The lowest BCUT2D eigenvalue weighted by atomic mass is 10.1. The van der Waals surface area contributed by atoms with Gasteiger partial charge < -0.3 is 27.0 Å². The van der Waals surface area contributed by atoms with E-state index in [1.807, 2.05) is 59.9 Å². The van der Waals surface area contributed by atoms with E-state index >= 15 is 0 Å². The first kappa shape index (κ1) is 36.9. The molecule has 6 N–H and O–H groups in total. The van der Waals surface area contributed by atoms with Gasteiger partial charge in [-0.1, -0.05) is 52.0 Å². The monoisotopic (exact) mass is 557 g/mol. The summed E-state index contributed by atoms with van der Waals surface area (Å²) in [5, 5.41) is 6.21. The van der Waals surface area contributed by atoms with E-state index in [9.17, 15) is 9.18 Å². The van der Waals surface area contributed by atoms with E-state index in [1.165, 1.54) is 6.08 Å². The summed E-state index contributed by atoms with van der Waals surface area (Å²) in [6.45, 7) is 14.9. The SMILES string of the molecule is CC.CNCCN.C\C=C(C=O)/C(=C\C=C\CC)Nc1nc(C(=C/C(C)N)/C(F)=C\CC)ncc1N1CCCC1. The molecule has 0 aromatic carbocycles. The molecule has 0 radical (unpaired) electrons. The zero-order valence-corrected chi connectivity index (χ0v) is 25.6. The second-order valence-electron chi connectivity index (χ2n) is 8.82. The first-order valence-corrected chi connectivity index (χ1v) is 14.4. The van der Waals surface area contributed by atoms with Gasteiger partial charge in [-0.15, -0.1) is 0 Å². The molecule has 8 nitrogen and oxygen atoms in total. The number of nitrogens with one attached hydrogen (secondary N) is 2. The zero-order chi connectivity index (χ0) is 30.3. The summed E-state index contributed by atoms with van der Waals surface area (Å²) in [5.41, 5.74) is 13.2. The van der Waals surface area contributed by atoms with Crippen molar-refractivity contribution in [3.05, 3.63) is 65.6 Å². The topological polar surface area (TPSA) is 122 Å². The molecule has 0 spiro atoms. The van der Waals surface area contributed by atoms with E-state index in [0.717, 1.165) is 57.4 Å². The summed E-state index contributed by atoms with van der Waals surface area (Å²) >= 11 is 0. The Labute approximate surface area is 241 Å². The summed E-state index contributed by atoms with van der Waals surface area (Å²) in [7, 11) is 1.88. The van der Waals surface area contributed by atoms with Crippen molar-refractivity contribution < 1.29 is 9.18 Å². The molecule has 0 saturated carbocycles. The Bertz CT molecular complexity index is 1000. The van der Waals surface area contributed by atoms with Crippen LogP contribution in [0.15, 0.2) is 59.7 Å². The van der Waals surface area contributed by atoms with Crippen molar-refractivity contribution in [3.63, 3.8) is 0 Å². The molecule has 2 rings (SSSR count). The second-order valence-corrected chi connectivity index (χ2v) is 8.82. The van der Waals surface area contributed by atoms with Gasteiger partial charge in [-0.05, 0) is 58.7 Å². The van der Waals surface area contributed by atoms with Crippen LogP contribution in [0, 0.1) is 0 Å². The maximum atomic E-state index is 14.9. The van der Waals surface area contributed by atoms with Gasteiger partial charge in [0.15, 0.2) is 17.9 Å². The Balaban J connectivity index is 0.00000195. The fraction of sp³-hybridized carbons (Fsp3) is 0.516. The van der Waals surface area contributed by atoms with Crippen LogP contribution in [-0.2, 0) is 4.79 Å². The summed E-state index contributed by atoms with van der Waals surface area (Å²) in [5.74, 6) is 0.369. The number of halogens is 1. The number of nitrogens with zero attached hydrogens (tertiary/aromatic N) is 3. The highest BCUT2D eigenvalue weighted by Crippen LogP contribution is 2.31. The molecule has 1 aromatic rings. The summed E-state index contributed by atoms with van der Waals surface area (Å²) in [4.78, 5) is 23.1. The number of carbonyl (C=O) groups excluding carboxylic acids is 1. The average Bonchev–Trinajstić information content (AvgIpc) is 3.49. The highest BCUT2D eigenvalue weighted by atomic mass is 19.1. The molecule has 1 aliphatic heterocycles. The first-order chi connectivity index (χ1) is 19.4. The highest BCUT2D eigenvalue weighted by Gasteiger charge is 2.21. The summed E-state index contributed by atoms with van der Waals surface area (Å²) < 4.78 is 14.9. The fourth-order valence-corrected chi connectivity index (χ4v) is 3.67. The predicted molar refractivity (Wildman–Crippen MR) is 170 cm³/mol. The molecule has 9 heteroatoms. The zero-order valence-electron chi connectivity index (χ0n) is 25.6. The van der Waals surface area contributed by atoms with E-state index < -0.39 is 5.83 Å². The van der Waals surface area contributed by atoms with Gasteiger partial charge in [0.2, 0.25) is 0 Å². The highest BCUT2D eigenvalue weighted by molar-refractivity contribution is 5.84. The number of nitrogens with two attached hydrogens (primary N) is 2. The van der Waals surface area contributed by atoms with E-state index in [1.54, 1.807) is 25.3 Å². The van der Waals surface area contributed by atoms with Crippen LogP contribution < -0.4 is 27.0 Å². The third kappa shape index (κ3) is 13.3. The van der Waals surface area contributed by atoms with Gasteiger partial charge in [0.05, 0.1) is 17.5 Å². The number of allylic oxidation sites excluding steroid dienone is 8. The van der Waals surface area contributed by atoms with Crippen LogP contribution >= 0.6 is 0 Å². The number of aromatic nitrogens is 2. The normalized spacial score (nSPS) is 15.3. The van der Waals surface area contributed by atoms with Crippen molar-refractivity contribution in [2.24, 2.45) is 11.5 Å². The fourth-order valence-electron chi connectivity index (χ4n) is 3.67. The van der Waals surface area contributed by atoms with Crippen molar-refractivity contribution in [2.45, 2.75) is 73.3 Å². The number of anilines is 2. The Morgan fingerprint density at radius 2 is 1.90 bits per heavy atom. The van der Waals surface area contributed by atoms with Crippen molar-refractivity contribution in [3.8, 4) is 0 Å². The Morgan fingerprint density at radius 3 is 2.38 bits per heavy atom. The largest absolute Gasteiger partial charge is 0.367 e. The van der Waals surface area contributed by atoms with Gasteiger partial charge in [-0.25, -0.2) is 14.4 Å². The van der Waals surface area contributed by atoms with Gasteiger partial charge >= 0.3 is 0 Å². The maximum Gasteiger partial charge on any atom is 0.164 e. The third-order valence-electron chi connectivity index (χ3n) is 5.56. The molecule has 1 fully saturated rings. The number of likely N-dealkylation sites (N-methyl/N-ethyl adjacent to an activating group) is 1.